The number of hydrogen-bond donors (Lipinski definition) is 1. The zero-order valence-corrected chi connectivity index (χ0v) is 10.7. The molecule has 19 heavy (non-hydrogen) atoms. The quantitative estimate of drug-likeness (QED) is 0.802. The Morgan fingerprint density at radius 1 is 1.37 bits per heavy atom. The molecule has 6 heteroatoms. The number of ether oxygens (including phenoxy) is 2. The van der Waals surface area contributed by atoms with E-state index in [1.54, 1.807) is 24.3 Å². The number of carbonyl (C=O) groups excluding carboxylic acids is 2. The number of amides is 1. The largest absolute Gasteiger partial charge is 0.451 e. The Morgan fingerprint density at radius 3 is 2.53 bits per heavy atom. The number of esters is 1. The molecule has 1 atom stereocenters. The first-order valence-electron chi connectivity index (χ1n) is 5.56. The molecule has 1 aromatic rings. The molecule has 1 rings (SSSR count). The van der Waals surface area contributed by atoms with Crippen LogP contribution in [0.25, 0.3) is 0 Å². The maximum absolute atomic E-state index is 11.7. The van der Waals surface area contributed by atoms with Gasteiger partial charge in [-0.15, -0.1) is 0 Å². The highest BCUT2D eigenvalue weighted by Gasteiger charge is 2.17. The third-order valence-corrected chi connectivity index (χ3v) is 2.22. The first kappa shape index (κ1) is 14.7. The Balaban J connectivity index is 2.53. The molecule has 1 amide bonds. The number of nitriles is 1. The number of methoxy groups -OCH3 is 1. The smallest absolute Gasteiger partial charge is 0.332 e. The Hall–Kier alpha value is -2.39. The Bertz CT molecular complexity index is 490. The van der Waals surface area contributed by atoms with Crippen molar-refractivity contribution in [3.05, 3.63) is 29.8 Å². The first-order chi connectivity index (χ1) is 9.06. The predicted octanol–water partition coefficient (Wildman–Crippen LogP) is 1.07. The molecule has 0 bridgehead atoms. The van der Waals surface area contributed by atoms with E-state index in [2.05, 4.69) is 10.1 Å². The second kappa shape index (κ2) is 7.13. The van der Waals surface area contributed by atoms with Crippen molar-refractivity contribution in [1.29, 1.82) is 5.26 Å². The summed E-state index contributed by atoms with van der Waals surface area (Å²) in [5.74, 6) is -1.06. The molecule has 6 nitrogen and oxygen atoms in total. The van der Waals surface area contributed by atoms with Crippen molar-refractivity contribution in [2.24, 2.45) is 0 Å². The van der Waals surface area contributed by atoms with Crippen LogP contribution in [0.15, 0.2) is 24.3 Å². The highest BCUT2D eigenvalue weighted by Crippen LogP contribution is 2.09. The van der Waals surface area contributed by atoms with Crippen molar-refractivity contribution in [2.75, 3.05) is 19.0 Å². The van der Waals surface area contributed by atoms with Gasteiger partial charge in [-0.3, -0.25) is 4.79 Å². The summed E-state index contributed by atoms with van der Waals surface area (Å²) in [7, 11) is 1.36. The lowest BCUT2D eigenvalue weighted by Gasteiger charge is -2.13. The van der Waals surface area contributed by atoms with Gasteiger partial charge in [-0.2, -0.15) is 5.26 Å². The fourth-order valence-electron chi connectivity index (χ4n) is 1.27. The van der Waals surface area contributed by atoms with Crippen LogP contribution in [0.1, 0.15) is 12.5 Å². The van der Waals surface area contributed by atoms with E-state index in [1.807, 2.05) is 6.07 Å². The van der Waals surface area contributed by atoms with Crippen molar-refractivity contribution in [3.8, 4) is 6.07 Å². The SMILES string of the molecule is COCC(=O)O[C@H](C)C(=O)Nc1ccc(C#N)cc1. The van der Waals surface area contributed by atoms with Crippen molar-refractivity contribution >= 4 is 17.6 Å². The summed E-state index contributed by atoms with van der Waals surface area (Å²) in [5, 5.41) is 11.2. The molecule has 0 spiro atoms. The molecule has 0 aliphatic heterocycles. The lowest BCUT2D eigenvalue weighted by Crippen LogP contribution is -2.31. The van der Waals surface area contributed by atoms with Gasteiger partial charge in [0, 0.05) is 12.8 Å². The molecule has 0 saturated heterocycles. The van der Waals surface area contributed by atoms with Gasteiger partial charge in [0.15, 0.2) is 6.10 Å². The summed E-state index contributed by atoms with van der Waals surface area (Å²) in [4.78, 5) is 22.8. The zero-order chi connectivity index (χ0) is 14.3. The first-order valence-corrected chi connectivity index (χ1v) is 5.56. The molecular weight excluding hydrogens is 248 g/mol. The van der Waals surface area contributed by atoms with Crippen molar-refractivity contribution < 1.29 is 19.1 Å². The maximum atomic E-state index is 11.7. The molecule has 0 aliphatic carbocycles. The molecule has 100 valence electrons. The van der Waals surface area contributed by atoms with Gasteiger partial charge in [0.25, 0.3) is 5.91 Å². The fourth-order valence-corrected chi connectivity index (χ4v) is 1.27. The summed E-state index contributed by atoms with van der Waals surface area (Å²) in [6, 6.07) is 8.33. The second-order valence-electron chi connectivity index (χ2n) is 3.74. The number of benzene rings is 1. The van der Waals surface area contributed by atoms with Crippen LogP contribution in [0.2, 0.25) is 0 Å². The molecular formula is C13H14N2O4. The summed E-state index contributed by atoms with van der Waals surface area (Å²) in [6.45, 7) is 1.26. The van der Waals surface area contributed by atoms with Crippen LogP contribution >= 0.6 is 0 Å². The number of nitrogens with one attached hydrogen (secondary N) is 1. The normalized spacial score (nSPS) is 11.2. The third-order valence-electron chi connectivity index (χ3n) is 2.22. The Labute approximate surface area is 110 Å². The fraction of sp³-hybridized carbons (Fsp3) is 0.308. The van der Waals surface area contributed by atoms with Gasteiger partial charge in [0.05, 0.1) is 11.6 Å². The molecule has 0 fully saturated rings. The lowest BCUT2D eigenvalue weighted by molar-refractivity contribution is -0.156. The van der Waals surface area contributed by atoms with Crippen LogP contribution < -0.4 is 5.32 Å². The van der Waals surface area contributed by atoms with Gasteiger partial charge in [-0.1, -0.05) is 0 Å². The van der Waals surface area contributed by atoms with Gasteiger partial charge in [0.1, 0.15) is 6.61 Å². The summed E-state index contributed by atoms with van der Waals surface area (Å²) >= 11 is 0. The molecule has 0 heterocycles. The molecule has 0 radical (unpaired) electrons. The number of hydrogen-bond acceptors (Lipinski definition) is 5. The highest BCUT2D eigenvalue weighted by molar-refractivity contribution is 5.95. The summed E-state index contributed by atoms with van der Waals surface area (Å²) < 4.78 is 9.43. The van der Waals surface area contributed by atoms with Crippen molar-refractivity contribution in [3.63, 3.8) is 0 Å². The van der Waals surface area contributed by atoms with Crippen LogP contribution in [0.5, 0.6) is 0 Å². The average molecular weight is 262 g/mol. The Kier molecular flexibility index (Phi) is 5.51. The van der Waals surface area contributed by atoms with Gasteiger partial charge in [-0.05, 0) is 31.2 Å². The van der Waals surface area contributed by atoms with E-state index in [-0.39, 0.29) is 6.61 Å². The molecule has 0 saturated carbocycles. The monoisotopic (exact) mass is 262 g/mol. The van der Waals surface area contributed by atoms with Crippen LogP contribution in [0.3, 0.4) is 0 Å². The topological polar surface area (TPSA) is 88.4 Å². The molecule has 0 unspecified atom stereocenters. The van der Waals surface area contributed by atoms with E-state index >= 15 is 0 Å². The van der Waals surface area contributed by atoms with Gasteiger partial charge in [0.2, 0.25) is 0 Å². The van der Waals surface area contributed by atoms with E-state index in [9.17, 15) is 9.59 Å². The van der Waals surface area contributed by atoms with Gasteiger partial charge in [-0.25, -0.2) is 4.79 Å². The molecule has 1 aromatic carbocycles. The van der Waals surface area contributed by atoms with Crippen molar-refractivity contribution in [2.45, 2.75) is 13.0 Å². The third kappa shape index (κ3) is 4.77. The second-order valence-corrected chi connectivity index (χ2v) is 3.74. The van der Waals surface area contributed by atoms with Gasteiger partial charge < -0.3 is 14.8 Å². The molecule has 0 aromatic heterocycles. The summed E-state index contributed by atoms with van der Waals surface area (Å²) in [5.41, 5.74) is 1.02. The number of anilines is 1. The van der Waals surface area contributed by atoms with Crippen LogP contribution in [-0.2, 0) is 19.1 Å². The minimum absolute atomic E-state index is 0.200. The van der Waals surface area contributed by atoms with Gasteiger partial charge >= 0.3 is 5.97 Å². The number of nitrogens with zero attached hydrogens (tertiary/aromatic N) is 1. The standard InChI is InChI=1S/C13H14N2O4/c1-9(19-12(16)8-18-2)13(17)15-11-5-3-10(7-14)4-6-11/h3-6,9H,8H2,1-2H3,(H,15,17)/t9-/m1/s1. The van der Waals surface area contributed by atoms with E-state index in [4.69, 9.17) is 10.00 Å². The van der Waals surface area contributed by atoms with Crippen molar-refractivity contribution in [1.82, 2.24) is 0 Å². The highest BCUT2D eigenvalue weighted by atomic mass is 16.6. The van der Waals surface area contributed by atoms with E-state index in [0.717, 1.165) is 0 Å². The van der Waals surface area contributed by atoms with Crippen LogP contribution in [0.4, 0.5) is 5.69 Å². The van der Waals surface area contributed by atoms with Crippen LogP contribution in [0, 0.1) is 11.3 Å². The van der Waals surface area contributed by atoms with Crippen LogP contribution in [-0.4, -0.2) is 31.7 Å². The predicted molar refractivity (Wildman–Crippen MR) is 67.2 cm³/mol. The zero-order valence-electron chi connectivity index (χ0n) is 10.7. The number of rotatable bonds is 5. The molecule has 1 N–H and O–H groups in total. The van der Waals surface area contributed by atoms with E-state index < -0.39 is 18.0 Å². The maximum Gasteiger partial charge on any atom is 0.332 e. The lowest BCUT2D eigenvalue weighted by atomic mass is 10.2. The average Bonchev–Trinajstić information content (AvgIpc) is 2.39. The van der Waals surface area contributed by atoms with E-state index in [1.165, 1.54) is 14.0 Å². The van der Waals surface area contributed by atoms with E-state index in [0.29, 0.717) is 11.3 Å². The molecule has 0 aliphatic rings. The number of carbonyl (C=O) groups is 2. The minimum atomic E-state index is -0.918. The minimum Gasteiger partial charge on any atom is -0.451 e. The summed E-state index contributed by atoms with van der Waals surface area (Å²) in [6.07, 6.45) is -0.918. The Morgan fingerprint density at radius 2 is 2.00 bits per heavy atom.